The number of benzene rings is 2. The van der Waals surface area contributed by atoms with Crippen molar-refractivity contribution < 1.29 is 14.1 Å². The molecule has 1 saturated carbocycles. The van der Waals surface area contributed by atoms with E-state index in [2.05, 4.69) is 32.5 Å². The molecule has 1 aromatic heterocycles. The lowest BCUT2D eigenvalue weighted by Crippen LogP contribution is -2.49. The fourth-order valence-corrected chi connectivity index (χ4v) is 4.40. The number of hydrogen-bond donors (Lipinski definition) is 1. The van der Waals surface area contributed by atoms with Crippen LogP contribution in [-0.4, -0.2) is 53.0 Å². The molecule has 3 aromatic rings. The summed E-state index contributed by atoms with van der Waals surface area (Å²) >= 11 is 0. The molecule has 8 nitrogen and oxygen atoms in total. The average Bonchev–Trinajstić information content (AvgIpc) is 3.28. The minimum absolute atomic E-state index is 0.107. The summed E-state index contributed by atoms with van der Waals surface area (Å²) in [6.45, 7) is 4.45. The minimum Gasteiger partial charge on any atom is -0.368 e. The van der Waals surface area contributed by atoms with Crippen LogP contribution in [0.1, 0.15) is 43.6 Å². The zero-order chi connectivity index (χ0) is 23.5. The highest BCUT2D eigenvalue weighted by Gasteiger charge is 2.26. The van der Waals surface area contributed by atoms with Crippen molar-refractivity contribution in [1.82, 2.24) is 15.0 Å². The van der Waals surface area contributed by atoms with Crippen LogP contribution >= 0.6 is 0 Å². The summed E-state index contributed by atoms with van der Waals surface area (Å²) in [5.74, 6) is 1.86. The Kier molecular flexibility index (Phi) is 6.29. The maximum absolute atomic E-state index is 12.8. The number of hydrogen-bond acceptors (Lipinski definition) is 6. The number of carbonyl (C=O) groups is 2. The molecule has 0 unspecified atom stereocenters. The second-order valence-corrected chi connectivity index (χ2v) is 9.05. The van der Waals surface area contributed by atoms with Gasteiger partial charge in [0, 0.05) is 56.0 Å². The maximum atomic E-state index is 12.8. The van der Waals surface area contributed by atoms with E-state index >= 15 is 0 Å². The Labute approximate surface area is 198 Å². The van der Waals surface area contributed by atoms with E-state index in [9.17, 15) is 9.59 Å². The van der Waals surface area contributed by atoms with E-state index in [1.165, 1.54) is 13.3 Å². The summed E-state index contributed by atoms with van der Waals surface area (Å²) in [5, 5.41) is 6.89. The monoisotopic (exact) mass is 459 g/mol. The zero-order valence-corrected chi connectivity index (χ0v) is 19.4. The van der Waals surface area contributed by atoms with Gasteiger partial charge in [0.25, 0.3) is 0 Å². The predicted molar refractivity (Wildman–Crippen MR) is 130 cm³/mol. The van der Waals surface area contributed by atoms with E-state index in [0.29, 0.717) is 31.3 Å². The van der Waals surface area contributed by atoms with Crippen LogP contribution in [-0.2, 0) is 16.0 Å². The molecule has 8 heteroatoms. The van der Waals surface area contributed by atoms with Gasteiger partial charge in [-0.2, -0.15) is 4.98 Å². The van der Waals surface area contributed by atoms with Gasteiger partial charge in [-0.25, -0.2) is 0 Å². The van der Waals surface area contributed by atoms with Gasteiger partial charge in [0.1, 0.15) is 0 Å². The van der Waals surface area contributed by atoms with Crippen molar-refractivity contribution in [3.05, 3.63) is 60.0 Å². The second kappa shape index (κ2) is 9.67. The highest BCUT2D eigenvalue weighted by Crippen LogP contribution is 2.36. The Morgan fingerprint density at radius 3 is 2.32 bits per heavy atom. The Morgan fingerprint density at radius 2 is 1.71 bits per heavy atom. The van der Waals surface area contributed by atoms with E-state index in [-0.39, 0.29) is 11.8 Å². The molecule has 2 fully saturated rings. The van der Waals surface area contributed by atoms with Gasteiger partial charge in [0.2, 0.25) is 23.5 Å². The smallest absolute Gasteiger partial charge is 0.230 e. The summed E-state index contributed by atoms with van der Waals surface area (Å²) in [6, 6.07) is 15.7. The van der Waals surface area contributed by atoms with Crippen LogP contribution in [0.2, 0.25) is 0 Å². The molecule has 2 heterocycles. The van der Waals surface area contributed by atoms with E-state index in [1.54, 1.807) is 0 Å². The summed E-state index contributed by atoms with van der Waals surface area (Å²) in [5.41, 5.74) is 3.77. The molecule has 1 aliphatic heterocycles. The molecule has 176 valence electrons. The summed E-state index contributed by atoms with van der Waals surface area (Å²) in [6.07, 6.45) is 3.88. The number of rotatable bonds is 6. The first kappa shape index (κ1) is 22.1. The van der Waals surface area contributed by atoms with Crippen LogP contribution in [0.5, 0.6) is 0 Å². The number of amides is 2. The summed E-state index contributed by atoms with van der Waals surface area (Å²) in [4.78, 5) is 32.7. The maximum Gasteiger partial charge on any atom is 0.230 e. The van der Waals surface area contributed by atoms with Gasteiger partial charge in [-0.1, -0.05) is 23.7 Å². The Balaban J connectivity index is 1.13. The molecular weight excluding hydrogens is 430 g/mol. The van der Waals surface area contributed by atoms with Gasteiger partial charge >= 0.3 is 0 Å². The van der Waals surface area contributed by atoms with Crippen molar-refractivity contribution in [3.8, 4) is 11.4 Å². The summed E-state index contributed by atoms with van der Waals surface area (Å²) < 4.78 is 5.44. The number of nitrogens with zero attached hydrogens (tertiary/aromatic N) is 4. The molecule has 0 radical (unpaired) electrons. The molecule has 0 spiro atoms. The third-order valence-corrected chi connectivity index (χ3v) is 6.65. The lowest BCUT2D eigenvalue weighted by atomic mass is 9.85. The molecule has 2 aromatic carbocycles. The third kappa shape index (κ3) is 4.95. The van der Waals surface area contributed by atoms with Crippen molar-refractivity contribution in [2.75, 3.05) is 36.4 Å². The molecule has 1 saturated heterocycles. The number of aromatic nitrogens is 2. The Hall–Kier alpha value is -3.68. The first-order valence-corrected chi connectivity index (χ1v) is 11.9. The van der Waals surface area contributed by atoms with E-state index in [4.69, 9.17) is 4.52 Å². The predicted octanol–water partition coefficient (Wildman–Crippen LogP) is 3.85. The molecule has 34 heavy (non-hydrogen) atoms. The van der Waals surface area contributed by atoms with Gasteiger partial charge in [-0.3, -0.25) is 9.59 Å². The quantitative estimate of drug-likeness (QED) is 0.602. The number of piperazine rings is 1. The third-order valence-electron chi connectivity index (χ3n) is 6.65. The molecule has 0 atom stereocenters. The van der Waals surface area contributed by atoms with Crippen LogP contribution in [0.3, 0.4) is 0 Å². The molecule has 1 aliphatic carbocycles. The highest BCUT2D eigenvalue weighted by atomic mass is 16.5. The van der Waals surface area contributed by atoms with Crippen molar-refractivity contribution >= 4 is 23.2 Å². The molecule has 0 bridgehead atoms. The first-order chi connectivity index (χ1) is 16.5. The largest absolute Gasteiger partial charge is 0.368 e. The number of anilines is 2. The Bertz CT molecular complexity index is 1140. The topological polar surface area (TPSA) is 91.6 Å². The van der Waals surface area contributed by atoms with Crippen LogP contribution in [0.4, 0.5) is 11.4 Å². The van der Waals surface area contributed by atoms with E-state index in [0.717, 1.165) is 54.3 Å². The highest BCUT2D eigenvalue weighted by molar-refractivity contribution is 5.88. The molecule has 1 N–H and O–H groups in total. The van der Waals surface area contributed by atoms with E-state index in [1.807, 2.05) is 41.3 Å². The molecule has 2 amide bonds. The van der Waals surface area contributed by atoms with Gasteiger partial charge < -0.3 is 19.6 Å². The Morgan fingerprint density at radius 1 is 1.00 bits per heavy atom. The first-order valence-electron chi connectivity index (χ1n) is 11.9. The normalized spacial score (nSPS) is 16.3. The van der Waals surface area contributed by atoms with E-state index < -0.39 is 0 Å². The lowest BCUT2D eigenvalue weighted by molar-refractivity contribution is -0.130. The van der Waals surface area contributed by atoms with Gasteiger partial charge in [0.05, 0.1) is 6.42 Å². The number of carbonyl (C=O) groups excluding carboxylic acids is 2. The van der Waals surface area contributed by atoms with Crippen molar-refractivity contribution in [1.29, 1.82) is 0 Å². The van der Waals surface area contributed by atoms with Crippen molar-refractivity contribution in [2.24, 2.45) is 0 Å². The second-order valence-electron chi connectivity index (χ2n) is 9.05. The lowest BCUT2D eigenvalue weighted by Gasteiger charge is -2.36. The molecule has 2 aliphatic rings. The van der Waals surface area contributed by atoms with Crippen LogP contribution in [0.15, 0.2) is 53.1 Å². The standard InChI is InChI=1S/C26H29N5O3/c1-18(32)27-22-9-5-19(6-10-22)17-24(33)31-15-13-30(14-16-31)23-11-7-20(8-12-23)25-28-26(34-29-25)21-3-2-4-21/h5-12,21H,2-4,13-17H2,1H3,(H,27,32). The van der Waals surface area contributed by atoms with Gasteiger partial charge in [-0.15, -0.1) is 0 Å². The fraction of sp³-hybridized carbons (Fsp3) is 0.385. The van der Waals surface area contributed by atoms with Gasteiger partial charge in [-0.05, 0) is 54.8 Å². The molecule has 5 rings (SSSR count). The van der Waals surface area contributed by atoms with Crippen molar-refractivity contribution in [3.63, 3.8) is 0 Å². The van der Waals surface area contributed by atoms with Crippen molar-refractivity contribution in [2.45, 2.75) is 38.5 Å². The van der Waals surface area contributed by atoms with Crippen LogP contribution in [0, 0.1) is 0 Å². The zero-order valence-electron chi connectivity index (χ0n) is 19.4. The molecular formula is C26H29N5O3. The minimum atomic E-state index is -0.107. The SMILES string of the molecule is CC(=O)Nc1ccc(CC(=O)N2CCN(c3ccc(-c4noc(C5CCC5)n4)cc3)CC2)cc1. The number of nitrogens with one attached hydrogen (secondary N) is 1. The van der Waals surface area contributed by atoms with Crippen LogP contribution < -0.4 is 10.2 Å². The average molecular weight is 460 g/mol. The summed E-state index contributed by atoms with van der Waals surface area (Å²) in [7, 11) is 0. The fourth-order valence-electron chi connectivity index (χ4n) is 4.40. The van der Waals surface area contributed by atoms with Crippen LogP contribution in [0.25, 0.3) is 11.4 Å². The van der Waals surface area contributed by atoms with Gasteiger partial charge in [0.15, 0.2) is 0 Å².